The van der Waals surface area contributed by atoms with Gasteiger partial charge in [0.05, 0.1) is 12.8 Å². The third-order valence-corrected chi connectivity index (χ3v) is 3.87. The van der Waals surface area contributed by atoms with Gasteiger partial charge in [-0.2, -0.15) is 5.10 Å². The van der Waals surface area contributed by atoms with Crippen LogP contribution in [0.4, 0.5) is 0 Å². The summed E-state index contributed by atoms with van der Waals surface area (Å²) in [7, 11) is 1.24. The van der Waals surface area contributed by atoms with E-state index in [0.29, 0.717) is 12.0 Å². The van der Waals surface area contributed by atoms with Crippen molar-refractivity contribution in [2.45, 2.75) is 18.2 Å². The molecule has 0 bridgehead atoms. The van der Waals surface area contributed by atoms with Crippen molar-refractivity contribution in [1.82, 2.24) is 9.78 Å². The normalized spacial score (nSPS) is 10.4. The Morgan fingerprint density at radius 2 is 2.10 bits per heavy atom. The van der Waals surface area contributed by atoms with Gasteiger partial charge < -0.3 is 4.74 Å². The molecule has 0 spiro atoms. The standard InChI is InChI=1S/C15H16N2O3S/c1-4-10-9-17(11-7-5-6-8-12(11)21-3)16-13(14(10)18)15(19)20-2/h5-9H,4H2,1-3H3. The van der Waals surface area contributed by atoms with Crippen LogP contribution in [0, 0.1) is 0 Å². The molecule has 0 atom stereocenters. The summed E-state index contributed by atoms with van der Waals surface area (Å²) < 4.78 is 6.21. The summed E-state index contributed by atoms with van der Waals surface area (Å²) in [4.78, 5) is 24.9. The minimum absolute atomic E-state index is 0.187. The first-order valence-electron chi connectivity index (χ1n) is 6.47. The highest BCUT2D eigenvalue weighted by Crippen LogP contribution is 2.22. The summed E-state index contributed by atoms with van der Waals surface area (Å²) in [6.45, 7) is 1.86. The van der Waals surface area contributed by atoms with E-state index < -0.39 is 5.97 Å². The average molecular weight is 304 g/mol. The summed E-state index contributed by atoms with van der Waals surface area (Å²) in [5.41, 5.74) is 0.793. The maximum Gasteiger partial charge on any atom is 0.362 e. The molecule has 0 N–H and O–H groups in total. The molecule has 0 fully saturated rings. The molecule has 0 amide bonds. The van der Waals surface area contributed by atoms with Crippen molar-refractivity contribution >= 4 is 17.7 Å². The number of thioether (sulfide) groups is 1. The smallest absolute Gasteiger partial charge is 0.362 e. The van der Waals surface area contributed by atoms with Gasteiger partial charge in [-0.05, 0) is 24.8 Å². The van der Waals surface area contributed by atoms with E-state index in [9.17, 15) is 9.59 Å². The quantitative estimate of drug-likeness (QED) is 0.641. The van der Waals surface area contributed by atoms with Gasteiger partial charge in [-0.25, -0.2) is 9.48 Å². The number of rotatable bonds is 4. The fourth-order valence-electron chi connectivity index (χ4n) is 1.96. The van der Waals surface area contributed by atoms with Crippen LogP contribution >= 0.6 is 11.8 Å². The van der Waals surface area contributed by atoms with Gasteiger partial charge >= 0.3 is 5.97 Å². The molecule has 0 aliphatic rings. The van der Waals surface area contributed by atoms with Crippen LogP contribution in [-0.2, 0) is 11.2 Å². The number of para-hydroxylation sites is 1. The Morgan fingerprint density at radius 1 is 1.38 bits per heavy atom. The zero-order valence-electron chi connectivity index (χ0n) is 12.1. The molecule has 0 unspecified atom stereocenters. The van der Waals surface area contributed by atoms with Crippen LogP contribution < -0.4 is 5.43 Å². The molecule has 21 heavy (non-hydrogen) atoms. The van der Waals surface area contributed by atoms with Crippen LogP contribution in [0.2, 0.25) is 0 Å². The minimum atomic E-state index is -0.717. The van der Waals surface area contributed by atoms with Crippen LogP contribution in [0.1, 0.15) is 23.0 Å². The highest BCUT2D eigenvalue weighted by Gasteiger charge is 2.17. The van der Waals surface area contributed by atoms with Gasteiger partial charge in [0.25, 0.3) is 0 Å². The molecule has 0 aliphatic heterocycles. The molecule has 2 aromatic rings. The number of ether oxygens (including phenoxy) is 1. The van der Waals surface area contributed by atoms with E-state index in [0.717, 1.165) is 10.6 Å². The molecule has 2 rings (SSSR count). The second-order valence-electron chi connectivity index (χ2n) is 4.29. The van der Waals surface area contributed by atoms with E-state index in [1.54, 1.807) is 22.6 Å². The molecule has 6 heteroatoms. The average Bonchev–Trinajstić information content (AvgIpc) is 2.54. The molecule has 0 saturated carbocycles. The lowest BCUT2D eigenvalue weighted by atomic mass is 10.2. The molecule has 0 saturated heterocycles. The lowest BCUT2D eigenvalue weighted by molar-refractivity contribution is 0.0590. The number of carbonyl (C=O) groups excluding carboxylic acids is 1. The van der Waals surface area contributed by atoms with Crippen LogP contribution in [0.25, 0.3) is 5.69 Å². The first kappa shape index (κ1) is 15.3. The zero-order chi connectivity index (χ0) is 15.4. The molecular formula is C15H16N2O3S. The zero-order valence-corrected chi connectivity index (χ0v) is 12.9. The lowest BCUT2D eigenvalue weighted by Crippen LogP contribution is -2.25. The molecule has 1 heterocycles. The predicted molar refractivity (Wildman–Crippen MR) is 82.3 cm³/mol. The van der Waals surface area contributed by atoms with Gasteiger partial charge in [-0.15, -0.1) is 11.8 Å². The Labute approximate surface area is 126 Å². The van der Waals surface area contributed by atoms with Crippen LogP contribution in [0.15, 0.2) is 40.2 Å². The van der Waals surface area contributed by atoms with Gasteiger partial charge in [0.2, 0.25) is 11.1 Å². The Morgan fingerprint density at radius 3 is 2.71 bits per heavy atom. The fraction of sp³-hybridized carbons (Fsp3) is 0.267. The van der Waals surface area contributed by atoms with Crippen molar-refractivity contribution in [3.8, 4) is 5.69 Å². The number of benzene rings is 1. The summed E-state index contributed by atoms with van der Waals surface area (Å²) in [6, 6.07) is 7.67. The highest BCUT2D eigenvalue weighted by atomic mass is 32.2. The van der Waals surface area contributed by atoms with Crippen LogP contribution in [0.5, 0.6) is 0 Å². The first-order valence-corrected chi connectivity index (χ1v) is 7.69. The van der Waals surface area contributed by atoms with Crippen molar-refractivity contribution in [3.05, 3.63) is 51.9 Å². The Kier molecular flexibility index (Phi) is 4.80. The molecule has 0 radical (unpaired) electrons. The lowest BCUT2D eigenvalue weighted by Gasteiger charge is -2.12. The van der Waals surface area contributed by atoms with Crippen molar-refractivity contribution in [3.63, 3.8) is 0 Å². The van der Waals surface area contributed by atoms with Gasteiger partial charge in [0.1, 0.15) is 0 Å². The number of aromatic nitrogens is 2. The number of hydrogen-bond donors (Lipinski definition) is 0. The van der Waals surface area contributed by atoms with E-state index in [2.05, 4.69) is 9.84 Å². The number of esters is 1. The monoisotopic (exact) mass is 304 g/mol. The van der Waals surface area contributed by atoms with Gasteiger partial charge in [-0.1, -0.05) is 19.1 Å². The molecular weight excluding hydrogens is 288 g/mol. The summed E-state index contributed by atoms with van der Waals surface area (Å²) in [5.74, 6) is -0.717. The second kappa shape index (κ2) is 6.58. The summed E-state index contributed by atoms with van der Waals surface area (Å²) in [5, 5.41) is 4.15. The number of carbonyl (C=O) groups is 1. The third kappa shape index (κ3) is 3.00. The van der Waals surface area contributed by atoms with Gasteiger partial charge in [-0.3, -0.25) is 4.79 Å². The number of aryl methyl sites for hydroxylation is 1. The van der Waals surface area contributed by atoms with Crippen molar-refractivity contribution in [2.24, 2.45) is 0 Å². The Balaban J connectivity index is 2.70. The third-order valence-electron chi connectivity index (χ3n) is 3.08. The highest BCUT2D eigenvalue weighted by molar-refractivity contribution is 7.98. The minimum Gasteiger partial charge on any atom is -0.464 e. The molecule has 1 aromatic carbocycles. The van der Waals surface area contributed by atoms with Gasteiger partial charge in [0.15, 0.2) is 0 Å². The van der Waals surface area contributed by atoms with Gasteiger partial charge in [0, 0.05) is 16.7 Å². The predicted octanol–water partition coefficient (Wildman–Crippen LogP) is 2.30. The summed E-state index contributed by atoms with van der Waals surface area (Å²) >= 11 is 1.57. The topological polar surface area (TPSA) is 61.2 Å². The largest absolute Gasteiger partial charge is 0.464 e. The summed E-state index contributed by atoms with van der Waals surface area (Å²) in [6.07, 6.45) is 4.15. The Bertz CT molecular complexity index is 725. The SMILES string of the molecule is CCc1cn(-c2ccccc2SC)nc(C(=O)OC)c1=O. The van der Waals surface area contributed by atoms with E-state index >= 15 is 0 Å². The van der Waals surface area contributed by atoms with E-state index in [-0.39, 0.29) is 11.1 Å². The van der Waals surface area contributed by atoms with E-state index in [4.69, 9.17) is 0 Å². The molecule has 1 aromatic heterocycles. The number of nitrogens with zero attached hydrogens (tertiary/aromatic N) is 2. The van der Waals surface area contributed by atoms with Crippen molar-refractivity contribution < 1.29 is 9.53 Å². The fourth-order valence-corrected chi connectivity index (χ4v) is 2.55. The first-order chi connectivity index (χ1) is 10.1. The Hall–Kier alpha value is -2.08. The van der Waals surface area contributed by atoms with E-state index in [1.165, 1.54) is 7.11 Å². The van der Waals surface area contributed by atoms with Crippen molar-refractivity contribution in [2.75, 3.05) is 13.4 Å². The van der Waals surface area contributed by atoms with Crippen LogP contribution in [0.3, 0.4) is 0 Å². The number of methoxy groups -OCH3 is 1. The second-order valence-corrected chi connectivity index (χ2v) is 5.14. The molecule has 110 valence electrons. The number of hydrogen-bond acceptors (Lipinski definition) is 5. The van der Waals surface area contributed by atoms with E-state index in [1.807, 2.05) is 37.4 Å². The molecule has 5 nitrogen and oxygen atoms in total. The maximum absolute atomic E-state index is 12.2. The van der Waals surface area contributed by atoms with Crippen LogP contribution in [-0.4, -0.2) is 29.1 Å². The maximum atomic E-state index is 12.2. The molecule has 0 aliphatic carbocycles. The van der Waals surface area contributed by atoms with Crippen molar-refractivity contribution in [1.29, 1.82) is 0 Å².